The molecule has 3 nitrogen and oxygen atoms in total. The van der Waals surface area contributed by atoms with Crippen LogP contribution in [-0.4, -0.2) is 12.5 Å². The maximum Gasteiger partial charge on any atom is 0.258 e. The topological polar surface area (TPSA) is 46.3 Å². The largest absolute Gasteiger partial charge is 0.399 e. The summed E-state index contributed by atoms with van der Waals surface area (Å²) >= 11 is 0. The second kappa shape index (κ2) is 5.24. The van der Waals surface area contributed by atoms with E-state index < -0.39 is 0 Å². The van der Waals surface area contributed by atoms with Gasteiger partial charge in [-0.3, -0.25) is 4.79 Å². The van der Waals surface area contributed by atoms with Crippen LogP contribution >= 0.6 is 0 Å². The third-order valence-corrected chi connectivity index (χ3v) is 4.07. The first-order valence-corrected chi connectivity index (χ1v) is 7.32. The predicted octanol–water partition coefficient (Wildman–Crippen LogP) is 3.42. The Bertz CT molecular complexity index is 693. The van der Waals surface area contributed by atoms with Crippen molar-refractivity contribution in [1.82, 2.24) is 0 Å². The van der Waals surface area contributed by atoms with Crippen LogP contribution in [0.15, 0.2) is 42.5 Å². The summed E-state index contributed by atoms with van der Waals surface area (Å²) in [5.74, 6) is 0.532. The lowest BCUT2D eigenvalue weighted by molar-refractivity contribution is 0.0980. The Morgan fingerprint density at radius 2 is 2.00 bits per heavy atom. The van der Waals surface area contributed by atoms with Gasteiger partial charge >= 0.3 is 0 Å². The van der Waals surface area contributed by atoms with Gasteiger partial charge in [-0.15, -0.1) is 0 Å². The van der Waals surface area contributed by atoms with Crippen molar-refractivity contribution < 1.29 is 4.79 Å². The Hall–Kier alpha value is -2.29. The highest BCUT2D eigenvalue weighted by molar-refractivity contribution is 6.07. The fraction of sp³-hybridized carbons (Fsp3) is 0.278. The van der Waals surface area contributed by atoms with E-state index in [2.05, 4.69) is 13.0 Å². The smallest absolute Gasteiger partial charge is 0.258 e. The van der Waals surface area contributed by atoms with Gasteiger partial charge in [0.2, 0.25) is 0 Å². The standard InChI is InChI=1S/C18H20N2O/c1-12-9-14-5-3-4-6-17(14)20(11-12)18(21)16-8-7-15(19)10-13(16)2/h3-8,10,12H,9,11,19H2,1-2H3. The van der Waals surface area contributed by atoms with Gasteiger partial charge < -0.3 is 10.6 Å². The summed E-state index contributed by atoms with van der Waals surface area (Å²) in [7, 11) is 0. The van der Waals surface area contributed by atoms with Crippen LogP contribution in [0.5, 0.6) is 0 Å². The van der Waals surface area contributed by atoms with Crippen molar-refractivity contribution in [2.75, 3.05) is 17.2 Å². The van der Waals surface area contributed by atoms with Gasteiger partial charge in [0.25, 0.3) is 5.91 Å². The number of carbonyl (C=O) groups excluding carboxylic acids is 1. The minimum atomic E-state index is 0.0616. The summed E-state index contributed by atoms with van der Waals surface area (Å²) in [5, 5.41) is 0. The van der Waals surface area contributed by atoms with E-state index in [1.807, 2.05) is 42.2 Å². The van der Waals surface area contributed by atoms with Gasteiger partial charge in [-0.1, -0.05) is 25.1 Å². The van der Waals surface area contributed by atoms with Crippen molar-refractivity contribution in [3.05, 3.63) is 59.2 Å². The first kappa shape index (κ1) is 13.7. The van der Waals surface area contributed by atoms with Crippen molar-refractivity contribution in [1.29, 1.82) is 0 Å². The number of nitrogens with two attached hydrogens (primary N) is 1. The molecule has 3 rings (SSSR count). The molecule has 108 valence electrons. The lowest BCUT2D eigenvalue weighted by Crippen LogP contribution is -2.39. The molecule has 1 heterocycles. The number of anilines is 2. The van der Waals surface area contributed by atoms with E-state index in [0.717, 1.165) is 29.8 Å². The molecular formula is C18H20N2O. The van der Waals surface area contributed by atoms with Crippen molar-refractivity contribution >= 4 is 17.3 Å². The maximum atomic E-state index is 12.9. The SMILES string of the molecule is Cc1cc(N)ccc1C(=O)N1CC(C)Cc2ccccc21. The molecule has 1 aliphatic rings. The van der Waals surface area contributed by atoms with Crippen LogP contribution < -0.4 is 10.6 Å². The molecule has 0 saturated heterocycles. The molecule has 0 bridgehead atoms. The van der Waals surface area contributed by atoms with Crippen molar-refractivity contribution in [2.24, 2.45) is 5.92 Å². The predicted molar refractivity (Wildman–Crippen MR) is 86.6 cm³/mol. The number of nitrogen functional groups attached to an aromatic ring is 1. The number of benzene rings is 2. The zero-order valence-electron chi connectivity index (χ0n) is 12.5. The van der Waals surface area contributed by atoms with E-state index in [0.29, 0.717) is 11.6 Å². The minimum absolute atomic E-state index is 0.0616. The minimum Gasteiger partial charge on any atom is -0.399 e. The summed E-state index contributed by atoms with van der Waals surface area (Å²) in [6.07, 6.45) is 1.03. The van der Waals surface area contributed by atoms with E-state index >= 15 is 0 Å². The number of para-hydroxylation sites is 1. The Balaban J connectivity index is 2.02. The van der Waals surface area contributed by atoms with E-state index in [9.17, 15) is 4.79 Å². The number of rotatable bonds is 1. The number of nitrogens with zero attached hydrogens (tertiary/aromatic N) is 1. The molecule has 1 amide bonds. The molecule has 2 aromatic carbocycles. The lowest BCUT2D eigenvalue weighted by Gasteiger charge is -2.33. The molecular weight excluding hydrogens is 260 g/mol. The summed E-state index contributed by atoms with van der Waals surface area (Å²) < 4.78 is 0. The van der Waals surface area contributed by atoms with Crippen LogP contribution in [-0.2, 0) is 6.42 Å². The number of hydrogen-bond acceptors (Lipinski definition) is 2. The van der Waals surface area contributed by atoms with Gasteiger partial charge in [-0.05, 0) is 54.7 Å². The number of carbonyl (C=O) groups is 1. The summed E-state index contributed by atoms with van der Waals surface area (Å²) in [5.41, 5.74) is 10.4. The first-order chi connectivity index (χ1) is 10.1. The Morgan fingerprint density at radius 3 is 2.76 bits per heavy atom. The second-order valence-corrected chi connectivity index (χ2v) is 5.93. The third-order valence-electron chi connectivity index (χ3n) is 4.07. The van der Waals surface area contributed by atoms with E-state index in [-0.39, 0.29) is 5.91 Å². The summed E-state index contributed by atoms with van der Waals surface area (Å²) in [4.78, 5) is 14.8. The Morgan fingerprint density at radius 1 is 1.24 bits per heavy atom. The molecule has 0 aromatic heterocycles. The molecule has 1 atom stereocenters. The molecule has 0 saturated carbocycles. The van der Waals surface area contributed by atoms with Crippen molar-refractivity contribution in [2.45, 2.75) is 20.3 Å². The van der Waals surface area contributed by atoms with Crippen molar-refractivity contribution in [3.63, 3.8) is 0 Å². The quantitative estimate of drug-likeness (QED) is 0.814. The summed E-state index contributed by atoms with van der Waals surface area (Å²) in [6, 6.07) is 13.6. The van der Waals surface area contributed by atoms with E-state index in [1.54, 1.807) is 6.07 Å². The molecule has 21 heavy (non-hydrogen) atoms. The molecule has 3 heteroatoms. The third kappa shape index (κ3) is 2.51. The molecule has 0 radical (unpaired) electrons. The van der Waals surface area contributed by atoms with Crippen LogP contribution in [0.3, 0.4) is 0 Å². The molecule has 1 unspecified atom stereocenters. The molecule has 2 aromatic rings. The monoisotopic (exact) mass is 280 g/mol. The van der Waals surface area contributed by atoms with Crippen LogP contribution in [0.1, 0.15) is 28.4 Å². The number of aryl methyl sites for hydroxylation is 1. The maximum absolute atomic E-state index is 12.9. The molecule has 0 aliphatic carbocycles. The van der Waals surface area contributed by atoms with Gasteiger partial charge in [-0.25, -0.2) is 0 Å². The highest BCUT2D eigenvalue weighted by Crippen LogP contribution is 2.31. The fourth-order valence-corrected chi connectivity index (χ4v) is 3.06. The second-order valence-electron chi connectivity index (χ2n) is 5.93. The number of hydrogen-bond donors (Lipinski definition) is 1. The number of amides is 1. The van der Waals surface area contributed by atoms with Gasteiger partial charge in [0.1, 0.15) is 0 Å². The number of fused-ring (bicyclic) bond motifs is 1. The molecule has 0 spiro atoms. The van der Waals surface area contributed by atoms with Gasteiger partial charge in [0.05, 0.1) is 0 Å². The van der Waals surface area contributed by atoms with Crippen LogP contribution in [0.4, 0.5) is 11.4 Å². The van der Waals surface area contributed by atoms with Crippen LogP contribution in [0, 0.1) is 12.8 Å². The van der Waals surface area contributed by atoms with E-state index in [4.69, 9.17) is 5.73 Å². The average molecular weight is 280 g/mol. The van der Waals surface area contributed by atoms with Gasteiger partial charge in [0, 0.05) is 23.5 Å². The molecule has 1 aliphatic heterocycles. The van der Waals surface area contributed by atoms with Crippen molar-refractivity contribution in [3.8, 4) is 0 Å². The average Bonchev–Trinajstić information content (AvgIpc) is 2.45. The van der Waals surface area contributed by atoms with E-state index in [1.165, 1.54) is 5.56 Å². The lowest BCUT2D eigenvalue weighted by atomic mass is 9.93. The zero-order chi connectivity index (χ0) is 15.0. The van der Waals surface area contributed by atoms with Crippen LogP contribution in [0.25, 0.3) is 0 Å². The first-order valence-electron chi connectivity index (χ1n) is 7.32. The van der Waals surface area contributed by atoms with Crippen LogP contribution in [0.2, 0.25) is 0 Å². The Kier molecular flexibility index (Phi) is 3.42. The molecule has 0 fully saturated rings. The highest BCUT2D eigenvalue weighted by atomic mass is 16.2. The van der Waals surface area contributed by atoms with Gasteiger partial charge in [-0.2, -0.15) is 0 Å². The normalized spacial score (nSPS) is 17.4. The molecule has 2 N–H and O–H groups in total. The zero-order valence-corrected chi connectivity index (χ0v) is 12.5. The highest BCUT2D eigenvalue weighted by Gasteiger charge is 2.27. The summed E-state index contributed by atoms with van der Waals surface area (Å²) in [6.45, 7) is 4.88. The fourth-order valence-electron chi connectivity index (χ4n) is 3.06. The van der Waals surface area contributed by atoms with Gasteiger partial charge in [0.15, 0.2) is 0 Å². The Labute approximate surface area is 125 Å².